The summed E-state index contributed by atoms with van der Waals surface area (Å²) in [5, 5.41) is 4.85. The number of ether oxygens (including phenoxy) is 2. The largest absolute Gasteiger partial charge is 0.491 e. The van der Waals surface area contributed by atoms with Crippen molar-refractivity contribution in [2.45, 2.75) is 13.3 Å². The molecule has 0 aliphatic heterocycles. The van der Waals surface area contributed by atoms with Crippen LogP contribution in [0, 0.1) is 0 Å². The number of hydrogen-bond donors (Lipinski definition) is 1. The minimum absolute atomic E-state index is 0.409. The summed E-state index contributed by atoms with van der Waals surface area (Å²) in [4.78, 5) is 10.9. The van der Waals surface area contributed by atoms with Crippen LogP contribution in [0.15, 0.2) is 36.4 Å². The lowest BCUT2D eigenvalue weighted by atomic mass is 10.0. The van der Waals surface area contributed by atoms with Gasteiger partial charge in [-0.1, -0.05) is 37.3 Å². The van der Waals surface area contributed by atoms with Crippen molar-refractivity contribution < 1.29 is 14.3 Å². The fourth-order valence-corrected chi connectivity index (χ4v) is 2.04. The summed E-state index contributed by atoms with van der Waals surface area (Å²) < 4.78 is 10.3. The van der Waals surface area contributed by atoms with Crippen molar-refractivity contribution >= 4 is 16.9 Å². The van der Waals surface area contributed by atoms with Crippen molar-refractivity contribution in [2.24, 2.45) is 0 Å². The number of aryl methyl sites for hydroxylation is 1. The van der Waals surface area contributed by atoms with Gasteiger partial charge in [0.05, 0.1) is 13.7 Å². The molecule has 20 heavy (non-hydrogen) atoms. The topological polar surface area (TPSA) is 47.6 Å². The van der Waals surface area contributed by atoms with Gasteiger partial charge in [0.2, 0.25) is 0 Å². The number of fused-ring (bicyclic) bond motifs is 1. The highest BCUT2D eigenvalue weighted by atomic mass is 16.5. The molecule has 0 radical (unpaired) electrons. The van der Waals surface area contributed by atoms with Crippen molar-refractivity contribution in [3.63, 3.8) is 0 Å². The number of benzene rings is 2. The minimum atomic E-state index is -0.444. The Morgan fingerprint density at radius 3 is 2.80 bits per heavy atom. The first kappa shape index (κ1) is 14.2. The second-order valence-electron chi connectivity index (χ2n) is 4.44. The average Bonchev–Trinajstić information content (AvgIpc) is 2.50. The Morgan fingerprint density at radius 2 is 2.05 bits per heavy atom. The van der Waals surface area contributed by atoms with E-state index in [1.807, 2.05) is 18.2 Å². The number of methoxy groups -OCH3 is 1. The van der Waals surface area contributed by atoms with E-state index in [1.165, 1.54) is 18.1 Å². The fraction of sp³-hybridized carbons (Fsp3) is 0.312. The Hall–Kier alpha value is -2.23. The zero-order valence-corrected chi connectivity index (χ0v) is 11.8. The van der Waals surface area contributed by atoms with Gasteiger partial charge in [0, 0.05) is 5.39 Å². The van der Waals surface area contributed by atoms with Crippen LogP contribution in [0.3, 0.4) is 0 Å². The average molecular weight is 273 g/mol. The number of rotatable bonds is 5. The molecule has 1 amide bonds. The first-order valence-electron chi connectivity index (χ1n) is 6.71. The summed E-state index contributed by atoms with van der Waals surface area (Å²) in [6.07, 6.45) is 0.516. The van der Waals surface area contributed by atoms with Crippen molar-refractivity contribution in [2.75, 3.05) is 20.3 Å². The van der Waals surface area contributed by atoms with Crippen LogP contribution in [0.5, 0.6) is 5.75 Å². The van der Waals surface area contributed by atoms with E-state index in [-0.39, 0.29) is 0 Å². The van der Waals surface area contributed by atoms with Crippen LogP contribution in [0.2, 0.25) is 0 Å². The Bertz CT molecular complexity index is 595. The summed E-state index contributed by atoms with van der Waals surface area (Å²) in [6, 6.07) is 12.4. The van der Waals surface area contributed by atoms with Crippen LogP contribution in [0.4, 0.5) is 4.79 Å². The highest BCUT2D eigenvalue weighted by Gasteiger charge is 2.05. The molecule has 2 aromatic rings. The van der Waals surface area contributed by atoms with Crippen LogP contribution in [0.25, 0.3) is 10.8 Å². The van der Waals surface area contributed by atoms with Crippen LogP contribution < -0.4 is 10.1 Å². The van der Waals surface area contributed by atoms with Gasteiger partial charge < -0.3 is 14.8 Å². The van der Waals surface area contributed by atoms with E-state index in [9.17, 15) is 4.79 Å². The van der Waals surface area contributed by atoms with Gasteiger partial charge in [-0.15, -0.1) is 0 Å². The molecule has 0 heterocycles. The summed E-state index contributed by atoms with van der Waals surface area (Å²) in [5.41, 5.74) is 1.24. The number of hydrogen-bond acceptors (Lipinski definition) is 3. The summed E-state index contributed by atoms with van der Waals surface area (Å²) in [6.45, 7) is 2.94. The molecule has 0 atom stereocenters. The lowest BCUT2D eigenvalue weighted by Crippen LogP contribution is -2.27. The zero-order chi connectivity index (χ0) is 14.4. The maximum atomic E-state index is 10.9. The molecule has 0 spiro atoms. The molecule has 0 fully saturated rings. The first-order valence-corrected chi connectivity index (χ1v) is 6.71. The molecule has 0 aliphatic carbocycles. The molecule has 2 rings (SSSR count). The summed E-state index contributed by atoms with van der Waals surface area (Å²) in [7, 11) is 1.34. The van der Waals surface area contributed by atoms with E-state index in [0.717, 1.165) is 17.6 Å². The van der Waals surface area contributed by atoms with Crippen LogP contribution in [-0.2, 0) is 11.2 Å². The molecule has 0 aliphatic rings. The third-order valence-electron chi connectivity index (χ3n) is 3.11. The zero-order valence-electron chi connectivity index (χ0n) is 11.8. The van der Waals surface area contributed by atoms with E-state index < -0.39 is 6.09 Å². The second-order valence-corrected chi connectivity index (χ2v) is 4.44. The van der Waals surface area contributed by atoms with Gasteiger partial charge in [0.15, 0.2) is 0 Å². The summed E-state index contributed by atoms with van der Waals surface area (Å²) >= 11 is 0. The molecule has 0 aromatic heterocycles. The standard InChI is InChI=1S/C16H19NO3/c1-3-12-10-13-6-4-5-7-14(13)15(11-12)20-9-8-17-16(18)19-2/h4-7,10-11H,3,8-9H2,1-2H3,(H,17,18). The van der Waals surface area contributed by atoms with E-state index in [0.29, 0.717) is 13.2 Å². The van der Waals surface area contributed by atoms with E-state index in [2.05, 4.69) is 35.2 Å². The molecule has 0 saturated heterocycles. The van der Waals surface area contributed by atoms with Crippen molar-refractivity contribution in [1.29, 1.82) is 0 Å². The minimum Gasteiger partial charge on any atom is -0.491 e. The molecule has 4 nitrogen and oxygen atoms in total. The van der Waals surface area contributed by atoms with E-state index >= 15 is 0 Å². The monoisotopic (exact) mass is 273 g/mol. The molecular weight excluding hydrogens is 254 g/mol. The van der Waals surface area contributed by atoms with Gasteiger partial charge in [-0.2, -0.15) is 0 Å². The molecule has 0 bridgehead atoms. The van der Waals surface area contributed by atoms with Gasteiger partial charge in [0.25, 0.3) is 0 Å². The number of carbonyl (C=O) groups is 1. The SMILES string of the molecule is CCc1cc(OCCNC(=O)OC)c2ccccc2c1. The van der Waals surface area contributed by atoms with Gasteiger partial charge in [-0.05, 0) is 23.4 Å². The lowest BCUT2D eigenvalue weighted by Gasteiger charge is -2.11. The summed E-state index contributed by atoms with van der Waals surface area (Å²) in [5.74, 6) is 0.853. The number of nitrogens with one attached hydrogen (secondary N) is 1. The Labute approximate surface area is 118 Å². The third-order valence-corrected chi connectivity index (χ3v) is 3.11. The quantitative estimate of drug-likeness (QED) is 0.851. The highest BCUT2D eigenvalue weighted by molar-refractivity contribution is 5.89. The first-order chi connectivity index (χ1) is 9.74. The molecule has 4 heteroatoms. The fourth-order valence-electron chi connectivity index (χ4n) is 2.04. The lowest BCUT2D eigenvalue weighted by molar-refractivity contribution is 0.168. The molecule has 0 unspecified atom stereocenters. The molecule has 106 valence electrons. The maximum absolute atomic E-state index is 10.9. The van der Waals surface area contributed by atoms with E-state index in [4.69, 9.17) is 4.74 Å². The van der Waals surface area contributed by atoms with E-state index in [1.54, 1.807) is 0 Å². The highest BCUT2D eigenvalue weighted by Crippen LogP contribution is 2.27. The predicted octanol–water partition coefficient (Wildman–Crippen LogP) is 3.14. The molecule has 1 N–H and O–H groups in total. The Morgan fingerprint density at radius 1 is 1.25 bits per heavy atom. The Balaban J connectivity index is 2.10. The maximum Gasteiger partial charge on any atom is 0.406 e. The third kappa shape index (κ3) is 3.41. The Kier molecular flexibility index (Phi) is 4.82. The van der Waals surface area contributed by atoms with Gasteiger partial charge in [-0.3, -0.25) is 0 Å². The van der Waals surface area contributed by atoms with Crippen molar-refractivity contribution in [1.82, 2.24) is 5.32 Å². The van der Waals surface area contributed by atoms with Crippen LogP contribution in [0.1, 0.15) is 12.5 Å². The van der Waals surface area contributed by atoms with Gasteiger partial charge in [-0.25, -0.2) is 4.79 Å². The predicted molar refractivity (Wildman–Crippen MR) is 79.2 cm³/mol. The normalized spacial score (nSPS) is 10.3. The van der Waals surface area contributed by atoms with Crippen molar-refractivity contribution in [3.8, 4) is 5.75 Å². The van der Waals surface area contributed by atoms with Gasteiger partial charge in [0.1, 0.15) is 12.4 Å². The number of alkyl carbamates (subject to hydrolysis) is 1. The number of carbonyl (C=O) groups excluding carboxylic acids is 1. The van der Waals surface area contributed by atoms with Crippen LogP contribution in [-0.4, -0.2) is 26.4 Å². The van der Waals surface area contributed by atoms with Crippen molar-refractivity contribution in [3.05, 3.63) is 42.0 Å². The molecular formula is C16H19NO3. The second kappa shape index (κ2) is 6.80. The van der Waals surface area contributed by atoms with Crippen LogP contribution >= 0.6 is 0 Å². The molecule has 0 saturated carbocycles. The molecule has 2 aromatic carbocycles. The van der Waals surface area contributed by atoms with Gasteiger partial charge >= 0.3 is 6.09 Å². The smallest absolute Gasteiger partial charge is 0.406 e. The number of amides is 1.